The lowest BCUT2D eigenvalue weighted by molar-refractivity contribution is 0.417. The Morgan fingerprint density at radius 1 is 1.37 bits per heavy atom. The molecule has 4 heteroatoms. The molecule has 102 valence electrons. The van der Waals surface area contributed by atoms with Crippen molar-refractivity contribution in [1.29, 1.82) is 0 Å². The molecule has 2 N–H and O–H groups in total. The van der Waals surface area contributed by atoms with Crippen LogP contribution in [0.1, 0.15) is 11.8 Å². The van der Waals surface area contributed by atoms with Crippen molar-refractivity contribution in [3.05, 3.63) is 40.6 Å². The highest BCUT2D eigenvalue weighted by Crippen LogP contribution is 2.28. The van der Waals surface area contributed by atoms with E-state index in [0.29, 0.717) is 11.7 Å². The third kappa shape index (κ3) is 3.20. The second-order valence-corrected chi connectivity index (χ2v) is 5.70. The molecule has 2 aromatic rings. The second kappa shape index (κ2) is 5.97. The number of hydrogen-bond donors (Lipinski definition) is 1. The van der Waals surface area contributed by atoms with Crippen LogP contribution in [-0.2, 0) is 6.42 Å². The van der Waals surface area contributed by atoms with E-state index in [1.807, 2.05) is 18.2 Å². The van der Waals surface area contributed by atoms with E-state index in [1.54, 1.807) is 18.4 Å². The number of nitrogen functional groups attached to an aromatic ring is 1. The lowest BCUT2D eigenvalue weighted by Gasteiger charge is -2.27. The maximum atomic E-state index is 5.84. The Morgan fingerprint density at radius 3 is 2.79 bits per heavy atom. The average Bonchev–Trinajstić information content (AvgIpc) is 2.91. The number of nitrogens with two attached hydrogens (primary N) is 1. The molecule has 1 aromatic carbocycles. The zero-order valence-electron chi connectivity index (χ0n) is 11.6. The van der Waals surface area contributed by atoms with Crippen LogP contribution in [0, 0.1) is 0 Å². The summed E-state index contributed by atoms with van der Waals surface area (Å²) in [5.41, 5.74) is 7.64. The van der Waals surface area contributed by atoms with Gasteiger partial charge in [-0.15, -0.1) is 11.3 Å². The molecule has 1 atom stereocenters. The lowest BCUT2D eigenvalue weighted by atomic mass is 10.1. The molecule has 2 rings (SSSR count). The van der Waals surface area contributed by atoms with Crippen LogP contribution in [-0.4, -0.2) is 20.2 Å². The minimum absolute atomic E-state index is 0.423. The molecule has 0 aliphatic rings. The van der Waals surface area contributed by atoms with Crippen LogP contribution in [0.3, 0.4) is 0 Å². The zero-order valence-corrected chi connectivity index (χ0v) is 12.4. The van der Waals surface area contributed by atoms with Gasteiger partial charge < -0.3 is 15.4 Å². The summed E-state index contributed by atoms with van der Waals surface area (Å²) in [5, 5.41) is 2.12. The Hall–Kier alpha value is -1.68. The van der Waals surface area contributed by atoms with Gasteiger partial charge in [0.15, 0.2) is 0 Å². The van der Waals surface area contributed by atoms with Gasteiger partial charge in [-0.3, -0.25) is 0 Å². The molecule has 0 fully saturated rings. The molecule has 1 unspecified atom stereocenters. The first-order valence-electron chi connectivity index (χ1n) is 6.30. The number of anilines is 2. The van der Waals surface area contributed by atoms with Crippen molar-refractivity contribution < 1.29 is 4.74 Å². The van der Waals surface area contributed by atoms with Crippen LogP contribution >= 0.6 is 11.3 Å². The van der Waals surface area contributed by atoms with Gasteiger partial charge in [-0.1, -0.05) is 6.07 Å². The molecule has 1 heterocycles. The van der Waals surface area contributed by atoms with Crippen molar-refractivity contribution in [3.63, 3.8) is 0 Å². The summed E-state index contributed by atoms with van der Waals surface area (Å²) in [4.78, 5) is 3.66. The Morgan fingerprint density at radius 2 is 2.16 bits per heavy atom. The van der Waals surface area contributed by atoms with E-state index in [2.05, 4.69) is 36.4 Å². The fourth-order valence-electron chi connectivity index (χ4n) is 2.03. The molecule has 0 saturated heterocycles. The quantitative estimate of drug-likeness (QED) is 0.851. The molecule has 0 aliphatic carbocycles. The van der Waals surface area contributed by atoms with Gasteiger partial charge in [-0.05, 0) is 30.5 Å². The normalized spacial score (nSPS) is 12.2. The van der Waals surface area contributed by atoms with Crippen molar-refractivity contribution in [2.45, 2.75) is 19.4 Å². The summed E-state index contributed by atoms with van der Waals surface area (Å²) in [5.74, 6) is 0.729. The summed E-state index contributed by atoms with van der Waals surface area (Å²) >= 11 is 1.80. The second-order valence-electron chi connectivity index (χ2n) is 4.67. The molecule has 0 amide bonds. The standard InChI is InChI=1S/C15H20N2OS/c1-11(9-13-5-4-8-19-13)17(2)12-6-7-14(16)15(10-12)18-3/h4-8,10-11H,9,16H2,1-3H3. The summed E-state index contributed by atoms with van der Waals surface area (Å²) < 4.78 is 5.27. The Balaban J connectivity index is 2.12. The smallest absolute Gasteiger partial charge is 0.143 e. The molecule has 0 radical (unpaired) electrons. The van der Waals surface area contributed by atoms with E-state index >= 15 is 0 Å². The van der Waals surface area contributed by atoms with E-state index in [4.69, 9.17) is 10.5 Å². The average molecular weight is 276 g/mol. The maximum Gasteiger partial charge on any atom is 0.143 e. The number of nitrogens with zero attached hydrogens (tertiary/aromatic N) is 1. The summed E-state index contributed by atoms with van der Waals surface area (Å²) in [6, 6.07) is 10.6. The van der Waals surface area contributed by atoms with Gasteiger partial charge >= 0.3 is 0 Å². The number of ether oxygens (including phenoxy) is 1. The van der Waals surface area contributed by atoms with Crippen LogP contribution in [0.15, 0.2) is 35.7 Å². The van der Waals surface area contributed by atoms with Gasteiger partial charge in [0.2, 0.25) is 0 Å². The van der Waals surface area contributed by atoms with E-state index in [-0.39, 0.29) is 0 Å². The molecule has 0 bridgehead atoms. The Labute approximate surface area is 118 Å². The van der Waals surface area contributed by atoms with E-state index in [0.717, 1.165) is 17.9 Å². The SMILES string of the molecule is COc1cc(N(C)C(C)Cc2cccs2)ccc1N. The summed E-state index contributed by atoms with van der Waals surface area (Å²) in [6.45, 7) is 2.22. The molecule has 1 aromatic heterocycles. The number of thiophene rings is 1. The van der Waals surface area contributed by atoms with Gasteiger partial charge in [-0.2, -0.15) is 0 Å². The first-order chi connectivity index (χ1) is 9.11. The van der Waals surface area contributed by atoms with E-state index in [1.165, 1.54) is 4.88 Å². The minimum atomic E-state index is 0.423. The van der Waals surface area contributed by atoms with Crippen LogP contribution in [0.5, 0.6) is 5.75 Å². The van der Waals surface area contributed by atoms with E-state index in [9.17, 15) is 0 Å². The van der Waals surface area contributed by atoms with Gasteiger partial charge in [0.25, 0.3) is 0 Å². The third-order valence-electron chi connectivity index (χ3n) is 3.36. The Kier molecular flexibility index (Phi) is 4.32. The number of methoxy groups -OCH3 is 1. The molecule has 0 aliphatic heterocycles. The lowest BCUT2D eigenvalue weighted by Crippen LogP contribution is -2.30. The van der Waals surface area contributed by atoms with Gasteiger partial charge in [0.1, 0.15) is 5.75 Å². The predicted molar refractivity (Wildman–Crippen MR) is 83.3 cm³/mol. The zero-order chi connectivity index (χ0) is 13.8. The van der Waals surface area contributed by atoms with Crippen molar-refractivity contribution in [2.24, 2.45) is 0 Å². The highest BCUT2D eigenvalue weighted by atomic mass is 32.1. The van der Waals surface area contributed by atoms with Crippen LogP contribution < -0.4 is 15.4 Å². The van der Waals surface area contributed by atoms with Gasteiger partial charge in [0, 0.05) is 36.1 Å². The number of likely N-dealkylation sites (N-methyl/N-ethyl adjacent to an activating group) is 1. The van der Waals surface area contributed by atoms with Crippen LogP contribution in [0.25, 0.3) is 0 Å². The molecule has 0 saturated carbocycles. The van der Waals surface area contributed by atoms with Crippen molar-refractivity contribution in [1.82, 2.24) is 0 Å². The topological polar surface area (TPSA) is 38.5 Å². The van der Waals surface area contributed by atoms with Crippen molar-refractivity contribution in [2.75, 3.05) is 24.8 Å². The monoisotopic (exact) mass is 276 g/mol. The van der Waals surface area contributed by atoms with Gasteiger partial charge in [-0.25, -0.2) is 0 Å². The van der Waals surface area contributed by atoms with Crippen LogP contribution in [0.4, 0.5) is 11.4 Å². The van der Waals surface area contributed by atoms with Crippen molar-refractivity contribution >= 4 is 22.7 Å². The summed E-state index contributed by atoms with van der Waals surface area (Å²) in [7, 11) is 3.74. The maximum absolute atomic E-state index is 5.84. The van der Waals surface area contributed by atoms with Gasteiger partial charge in [0.05, 0.1) is 12.8 Å². The molecule has 19 heavy (non-hydrogen) atoms. The van der Waals surface area contributed by atoms with Crippen LogP contribution in [0.2, 0.25) is 0 Å². The predicted octanol–water partition coefficient (Wildman–Crippen LogP) is 3.41. The fraction of sp³-hybridized carbons (Fsp3) is 0.333. The molecular weight excluding hydrogens is 256 g/mol. The minimum Gasteiger partial charge on any atom is -0.495 e. The first-order valence-corrected chi connectivity index (χ1v) is 7.18. The fourth-order valence-corrected chi connectivity index (χ4v) is 2.86. The number of hydrogen-bond acceptors (Lipinski definition) is 4. The number of benzene rings is 1. The molecular formula is C15H20N2OS. The Bertz CT molecular complexity index is 525. The molecule has 3 nitrogen and oxygen atoms in total. The number of rotatable bonds is 5. The third-order valence-corrected chi connectivity index (χ3v) is 4.26. The largest absolute Gasteiger partial charge is 0.495 e. The first kappa shape index (κ1) is 13.7. The summed E-state index contributed by atoms with van der Waals surface area (Å²) in [6.07, 6.45) is 1.04. The van der Waals surface area contributed by atoms with Crippen molar-refractivity contribution in [3.8, 4) is 5.75 Å². The van der Waals surface area contributed by atoms with E-state index < -0.39 is 0 Å². The highest BCUT2D eigenvalue weighted by Gasteiger charge is 2.13. The highest BCUT2D eigenvalue weighted by molar-refractivity contribution is 7.09. The molecule has 0 spiro atoms.